The first-order valence-electron chi connectivity index (χ1n) is 6.33. The second-order valence-electron chi connectivity index (χ2n) is 5.37. The van der Waals surface area contributed by atoms with Gasteiger partial charge in [0.1, 0.15) is 0 Å². The van der Waals surface area contributed by atoms with E-state index in [0.717, 1.165) is 24.2 Å². The van der Waals surface area contributed by atoms with Gasteiger partial charge in [-0.05, 0) is 45.6 Å². The lowest BCUT2D eigenvalue weighted by Crippen LogP contribution is -2.56. The van der Waals surface area contributed by atoms with Crippen LogP contribution in [0.15, 0.2) is 0 Å². The highest BCUT2D eigenvalue weighted by Crippen LogP contribution is 2.41. The van der Waals surface area contributed by atoms with Crippen LogP contribution in [0.1, 0.15) is 44.9 Å². The van der Waals surface area contributed by atoms with Gasteiger partial charge in [-0.15, -0.1) is 0 Å². The van der Waals surface area contributed by atoms with Crippen molar-refractivity contribution in [2.75, 3.05) is 7.05 Å². The standard InChI is InChI=1S/C12H22N2/c1-13-9-7-11-3-2-4-12(8-9)14(11)10-5-6-10/h9-13H,2-8H2,1H3. The Kier molecular flexibility index (Phi) is 2.29. The number of nitrogens with zero attached hydrogens (tertiary/aromatic N) is 1. The zero-order valence-corrected chi connectivity index (χ0v) is 9.21. The summed E-state index contributed by atoms with van der Waals surface area (Å²) in [5, 5.41) is 3.49. The molecule has 0 spiro atoms. The average Bonchev–Trinajstić information content (AvgIpc) is 2.99. The molecule has 1 aliphatic carbocycles. The van der Waals surface area contributed by atoms with Gasteiger partial charge in [-0.25, -0.2) is 0 Å². The van der Waals surface area contributed by atoms with Crippen molar-refractivity contribution < 1.29 is 0 Å². The Labute approximate surface area is 87.0 Å². The highest BCUT2D eigenvalue weighted by molar-refractivity contribution is 5.00. The third-order valence-electron chi connectivity index (χ3n) is 4.41. The third-order valence-corrected chi connectivity index (χ3v) is 4.41. The number of fused-ring (bicyclic) bond motifs is 2. The van der Waals surface area contributed by atoms with E-state index < -0.39 is 0 Å². The Bertz CT molecular complexity index is 198. The molecule has 0 aromatic carbocycles. The van der Waals surface area contributed by atoms with Gasteiger partial charge in [0, 0.05) is 24.2 Å². The van der Waals surface area contributed by atoms with Crippen molar-refractivity contribution in [1.82, 2.24) is 10.2 Å². The number of rotatable bonds is 2. The predicted octanol–water partition coefficient (Wildman–Crippen LogP) is 1.75. The zero-order valence-electron chi connectivity index (χ0n) is 9.21. The molecule has 2 nitrogen and oxygen atoms in total. The van der Waals surface area contributed by atoms with Gasteiger partial charge in [-0.2, -0.15) is 0 Å². The molecular weight excluding hydrogens is 172 g/mol. The molecule has 3 aliphatic rings. The zero-order chi connectivity index (χ0) is 9.54. The molecule has 1 saturated carbocycles. The lowest BCUT2D eigenvalue weighted by Gasteiger charge is -2.49. The molecule has 0 aromatic heterocycles. The smallest absolute Gasteiger partial charge is 0.0116 e. The Morgan fingerprint density at radius 3 is 2.07 bits per heavy atom. The Morgan fingerprint density at radius 2 is 1.57 bits per heavy atom. The van der Waals surface area contributed by atoms with Crippen molar-refractivity contribution in [3.05, 3.63) is 0 Å². The van der Waals surface area contributed by atoms with E-state index in [1.165, 1.54) is 44.9 Å². The summed E-state index contributed by atoms with van der Waals surface area (Å²) in [7, 11) is 2.13. The van der Waals surface area contributed by atoms with E-state index in [1.54, 1.807) is 0 Å². The largest absolute Gasteiger partial charge is 0.317 e. The van der Waals surface area contributed by atoms with Gasteiger partial charge < -0.3 is 5.32 Å². The van der Waals surface area contributed by atoms with Crippen LogP contribution >= 0.6 is 0 Å². The summed E-state index contributed by atoms with van der Waals surface area (Å²) in [5.74, 6) is 0. The fourth-order valence-corrected chi connectivity index (χ4v) is 3.62. The first-order valence-corrected chi connectivity index (χ1v) is 6.33. The Morgan fingerprint density at radius 1 is 0.929 bits per heavy atom. The van der Waals surface area contributed by atoms with Crippen LogP contribution < -0.4 is 5.32 Å². The number of hydrogen-bond donors (Lipinski definition) is 1. The first kappa shape index (κ1) is 9.17. The van der Waals surface area contributed by atoms with Gasteiger partial charge in [0.2, 0.25) is 0 Å². The molecular formula is C12H22N2. The van der Waals surface area contributed by atoms with E-state index in [-0.39, 0.29) is 0 Å². The maximum absolute atomic E-state index is 3.49. The van der Waals surface area contributed by atoms with Gasteiger partial charge in [-0.1, -0.05) is 6.42 Å². The lowest BCUT2D eigenvalue weighted by molar-refractivity contribution is 0.0188. The molecule has 2 unspecified atom stereocenters. The molecule has 2 aliphatic heterocycles. The minimum Gasteiger partial charge on any atom is -0.317 e. The summed E-state index contributed by atoms with van der Waals surface area (Å²) in [6, 6.07) is 3.64. The van der Waals surface area contributed by atoms with E-state index in [1.807, 2.05) is 0 Å². The summed E-state index contributed by atoms with van der Waals surface area (Å²) in [5.41, 5.74) is 0. The van der Waals surface area contributed by atoms with Crippen molar-refractivity contribution >= 4 is 0 Å². The van der Waals surface area contributed by atoms with E-state index in [9.17, 15) is 0 Å². The summed E-state index contributed by atoms with van der Waals surface area (Å²) in [6.45, 7) is 0. The van der Waals surface area contributed by atoms with Gasteiger partial charge in [0.25, 0.3) is 0 Å². The molecule has 3 rings (SSSR count). The molecule has 1 N–H and O–H groups in total. The summed E-state index contributed by atoms with van der Waals surface area (Å²) >= 11 is 0. The van der Waals surface area contributed by atoms with E-state index in [4.69, 9.17) is 0 Å². The maximum Gasteiger partial charge on any atom is 0.0116 e. The van der Waals surface area contributed by atoms with E-state index in [2.05, 4.69) is 17.3 Å². The number of piperidine rings is 2. The quantitative estimate of drug-likeness (QED) is 0.720. The summed E-state index contributed by atoms with van der Waals surface area (Å²) in [6.07, 6.45) is 10.2. The monoisotopic (exact) mass is 194 g/mol. The molecule has 14 heavy (non-hydrogen) atoms. The molecule has 80 valence electrons. The van der Waals surface area contributed by atoms with Crippen molar-refractivity contribution in [3.8, 4) is 0 Å². The molecule has 2 atom stereocenters. The van der Waals surface area contributed by atoms with Crippen LogP contribution in [-0.2, 0) is 0 Å². The predicted molar refractivity (Wildman–Crippen MR) is 58.4 cm³/mol. The van der Waals surface area contributed by atoms with Crippen LogP contribution in [0.5, 0.6) is 0 Å². The molecule has 2 saturated heterocycles. The first-order chi connectivity index (χ1) is 6.88. The van der Waals surface area contributed by atoms with E-state index in [0.29, 0.717) is 0 Å². The Hall–Kier alpha value is -0.0800. The molecule has 2 heteroatoms. The van der Waals surface area contributed by atoms with Gasteiger partial charge in [0.15, 0.2) is 0 Å². The van der Waals surface area contributed by atoms with Crippen molar-refractivity contribution in [3.63, 3.8) is 0 Å². The second kappa shape index (κ2) is 3.49. The minimum absolute atomic E-state index is 0.806. The SMILES string of the molecule is CNC1CC2CCCC(C1)N2C1CC1. The van der Waals surface area contributed by atoms with Crippen LogP contribution in [0.4, 0.5) is 0 Å². The maximum atomic E-state index is 3.49. The topological polar surface area (TPSA) is 15.3 Å². The highest BCUT2D eigenvalue weighted by atomic mass is 15.3. The van der Waals surface area contributed by atoms with Crippen LogP contribution in [0.25, 0.3) is 0 Å². The summed E-state index contributed by atoms with van der Waals surface area (Å²) in [4.78, 5) is 2.89. The summed E-state index contributed by atoms with van der Waals surface area (Å²) < 4.78 is 0. The molecule has 3 fully saturated rings. The van der Waals surface area contributed by atoms with Crippen LogP contribution in [-0.4, -0.2) is 36.1 Å². The molecule has 2 heterocycles. The fourth-order valence-electron chi connectivity index (χ4n) is 3.62. The molecule has 0 radical (unpaired) electrons. The number of hydrogen-bond acceptors (Lipinski definition) is 2. The normalized spacial score (nSPS) is 43.9. The molecule has 0 amide bonds. The average molecular weight is 194 g/mol. The highest BCUT2D eigenvalue weighted by Gasteiger charge is 2.44. The van der Waals surface area contributed by atoms with E-state index >= 15 is 0 Å². The lowest BCUT2D eigenvalue weighted by atomic mass is 9.81. The van der Waals surface area contributed by atoms with Crippen molar-refractivity contribution in [2.45, 2.75) is 69.1 Å². The van der Waals surface area contributed by atoms with Crippen molar-refractivity contribution in [1.29, 1.82) is 0 Å². The van der Waals surface area contributed by atoms with Crippen molar-refractivity contribution in [2.24, 2.45) is 0 Å². The fraction of sp³-hybridized carbons (Fsp3) is 1.00. The van der Waals surface area contributed by atoms with Crippen LogP contribution in [0, 0.1) is 0 Å². The third kappa shape index (κ3) is 1.49. The minimum atomic E-state index is 0.806. The number of nitrogens with one attached hydrogen (secondary N) is 1. The molecule has 2 bridgehead atoms. The second-order valence-corrected chi connectivity index (χ2v) is 5.37. The van der Waals surface area contributed by atoms with Gasteiger partial charge in [-0.3, -0.25) is 4.90 Å². The van der Waals surface area contributed by atoms with Crippen LogP contribution in [0.3, 0.4) is 0 Å². The van der Waals surface area contributed by atoms with Gasteiger partial charge >= 0.3 is 0 Å². The molecule has 0 aromatic rings. The van der Waals surface area contributed by atoms with Crippen LogP contribution in [0.2, 0.25) is 0 Å². The Balaban J connectivity index is 1.74. The van der Waals surface area contributed by atoms with Gasteiger partial charge in [0.05, 0.1) is 0 Å².